The molecule has 0 amide bonds. The molecule has 3 aromatic rings. The molecular weight excluding hydrogens is 312 g/mol. The zero-order valence-corrected chi connectivity index (χ0v) is 14.2. The summed E-state index contributed by atoms with van der Waals surface area (Å²) >= 11 is 0. The Hall–Kier alpha value is -2.94. The Bertz CT molecular complexity index is 1000. The van der Waals surface area contributed by atoms with Gasteiger partial charge in [-0.25, -0.2) is 0 Å². The molecule has 0 bridgehead atoms. The average Bonchev–Trinajstić information content (AvgIpc) is 2.78. The highest BCUT2D eigenvalue weighted by Crippen LogP contribution is 2.25. The van der Waals surface area contributed by atoms with E-state index < -0.39 is 0 Å². The van der Waals surface area contributed by atoms with E-state index in [1.165, 1.54) is 0 Å². The first kappa shape index (κ1) is 16.9. The van der Waals surface area contributed by atoms with Gasteiger partial charge >= 0.3 is 5.97 Å². The van der Waals surface area contributed by atoms with Crippen LogP contribution in [0.1, 0.15) is 24.8 Å². The van der Waals surface area contributed by atoms with E-state index in [1.54, 1.807) is 6.08 Å². The third kappa shape index (κ3) is 3.31. The van der Waals surface area contributed by atoms with E-state index in [0.717, 1.165) is 16.3 Å². The Morgan fingerprint density at radius 2 is 1.80 bits per heavy atom. The molecule has 0 aliphatic heterocycles. The highest BCUT2D eigenvalue weighted by molar-refractivity contribution is 5.94. The minimum absolute atomic E-state index is 0.00410. The molecule has 3 nitrogen and oxygen atoms in total. The van der Waals surface area contributed by atoms with Gasteiger partial charge < -0.3 is 4.74 Å². The van der Waals surface area contributed by atoms with Gasteiger partial charge in [0, 0.05) is 10.8 Å². The third-order valence-electron chi connectivity index (χ3n) is 4.41. The van der Waals surface area contributed by atoms with E-state index in [4.69, 9.17) is 4.74 Å². The van der Waals surface area contributed by atoms with Crippen LogP contribution in [0, 0.1) is 0 Å². The summed E-state index contributed by atoms with van der Waals surface area (Å²) in [6.07, 6.45) is 2.19. The third-order valence-corrected chi connectivity index (χ3v) is 4.41. The lowest BCUT2D eigenvalue weighted by molar-refractivity contribution is -0.144. The summed E-state index contributed by atoms with van der Waals surface area (Å²) in [5, 5.41) is 3.08. The predicted molar refractivity (Wildman–Crippen MR) is 102 cm³/mol. The number of ether oxygens (including phenoxy) is 1. The van der Waals surface area contributed by atoms with Gasteiger partial charge in [0.25, 0.3) is 0 Å². The molecule has 3 heteroatoms. The summed E-state index contributed by atoms with van der Waals surface area (Å²) in [7, 11) is 0. The second-order valence-corrected chi connectivity index (χ2v) is 5.98. The van der Waals surface area contributed by atoms with Crippen molar-refractivity contribution >= 4 is 27.5 Å². The van der Waals surface area contributed by atoms with E-state index in [0.29, 0.717) is 17.2 Å². The first-order valence-electron chi connectivity index (χ1n) is 8.39. The summed E-state index contributed by atoms with van der Waals surface area (Å²) in [6.45, 7) is 5.71. The largest absolute Gasteiger partial charge is 0.461 e. The van der Waals surface area contributed by atoms with Gasteiger partial charge in [0.05, 0.1) is 5.92 Å². The van der Waals surface area contributed by atoms with Crippen LogP contribution in [-0.4, -0.2) is 12.6 Å². The molecule has 0 saturated carbocycles. The fraction of sp³-hybridized carbons (Fsp3) is 0.182. The van der Waals surface area contributed by atoms with Crippen LogP contribution in [0.15, 0.2) is 72.0 Å². The number of fused-ring (bicyclic) bond motifs is 2. The summed E-state index contributed by atoms with van der Waals surface area (Å²) in [6, 6.07) is 17.0. The van der Waals surface area contributed by atoms with Crippen molar-refractivity contribution < 1.29 is 9.53 Å². The molecule has 1 atom stereocenters. The summed E-state index contributed by atoms with van der Waals surface area (Å²) in [5.41, 5.74) is 0.864. The Kier molecular flexibility index (Phi) is 4.94. The van der Waals surface area contributed by atoms with Crippen molar-refractivity contribution in [2.75, 3.05) is 6.61 Å². The molecule has 0 radical (unpaired) electrons. The fourth-order valence-corrected chi connectivity index (χ4v) is 3.10. The molecule has 25 heavy (non-hydrogen) atoms. The summed E-state index contributed by atoms with van der Waals surface area (Å²) in [4.78, 5) is 25.1. The van der Waals surface area contributed by atoms with Gasteiger partial charge in [-0.2, -0.15) is 0 Å². The zero-order valence-electron chi connectivity index (χ0n) is 14.2. The van der Waals surface area contributed by atoms with E-state index in [9.17, 15) is 9.59 Å². The quantitative estimate of drug-likeness (QED) is 0.507. The van der Waals surface area contributed by atoms with Gasteiger partial charge in [0.1, 0.15) is 6.61 Å². The Morgan fingerprint density at radius 1 is 1.08 bits per heavy atom. The molecule has 0 fully saturated rings. The maximum absolute atomic E-state index is 12.8. The van der Waals surface area contributed by atoms with Gasteiger partial charge in [-0.3, -0.25) is 9.59 Å². The molecule has 126 valence electrons. The van der Waals surface area contributed by atoms with Crippen molar-refractivity contribution in [2.45, 2.75) is 19.3 Å². The number of benzene rings is 2. The second kappa shape index (κ2) is 7.31. The van der Waals surface area contributed by atoms with Crippen molar-refractivity contribution in [1.82, 2.24) is 0 Å². The van der Waals surface area contributed by atoms with E-state index in [1.807, 2.05) is 61.5 Å². The summed E-state index contributed by atoms with van der Waals surface area (Å²) < 4.78 is 5.20. The van der Waals surface area contributed by atoms with Crippen LogP contribution in [-0.2, 0) is 9.53 Å². The molecule has 0 N–H and O–H groups in total. The SMILES string of the molecule is C=CCOC(=O)C(CC)c1ccc2c(=O)c3ccccc3ccc2c1. The lowest BCUT2D eigenvalue weighted by Crippen LogP contribution is -2.15. The molecule has 0 aromatic heterocycles. The van der Waals surface area contributed by atoms with Crippen LogP contribution in [0.25, 0.3) is 21.5 Å². The molecular formula is C22H20O3. The standard InChI is InChI=1S/C22H20O3/c1-3-13-25-22(24)18(4-2)16-11-12-20-17(14-16)10-9-15-7-5-6-8-19(15)21(20)23/h3,5-12,14,18H,1,4,13H2,2H3. The number of carbonyl (C=O) groups is 1. The number of hydrogen-bond donors (Lipinski definition) is 0. The fourth-order valence-electron chi connectivity index (χ4n) is 3.10. The predicted octanol–water partition coefficient (Wildman–Crippen LogP) is 4.58. The lowest BCUT2D eigenvalue weighted by atomic mass is 9.94. The van der Waals surface area contributed by atoms with Crippen LogP contribution in [0.4, 0.5) is 0 Å². The van der Waals surface area contributed by atoms with Crippen molar-refractivity contribution in [2.24, 2.45) is 0 Å². The van der Waals surface area contributed by atoms with Crippen molar-refractivity contribution in [1.29, 1.82) is 0 Å². The first-order chi connectivity index (χ1) is 12.2. The smallest absolute Gasteiger partial charge is 0.313 e. The van der Waals surface area contributed by atoms with Gasteiger partial charge in [0.2, 0.25) is 0 Å². The number of esters is 1. The van der Waals surface area contributed by atoms with Crippen molar-refractivity contribution in [3.8, 4) is 0 Å². The van der Waals surface area contributed by atoms with Gasteiger partial charge in [-0.1, -0.05) is 74.2 Å². The maximum Gasteiger partial charge on any atom is 0.313 e. The normalized spacial score (nSPS) is 12.0. The minimum Gasteiger partial charge on any atom is -0.461 e. The molecule has 0 aliphatic rings. The van der Waals surface area contributed by atoms with E-state index >= 15 is 0 Å². The number of rotatable bonds is 5. The molecule has 1 unspecified atom stereocenters. The van der Waals surface area contributed by atoms with Gasteiger partial charge in [-0.15, -0.1) is 0 Å². The highest BCUT2D eigenvalue weighted by atomic mass is 16.5. The van der Waals surface area contributed by atoms with Crippen LogP contribution in [0.2, 0.25) is 0 Å². The monoisotopic (exact) mass is 332 g/mol. The molecule has 3 aromatic carbocycles. The Balaban J connectivity index is 2.14. The van der Waals surface area contributed by atoms with Crippen molar-refractivity contribution in [3.05, 3.63) is 83.0 Å². The molecule has 0 saturated heterocycles. The number of hydrogen-bond acceptors (Lipinski definition) is 3. The average molecular weight is 332 g/mol. The van der Waals surface area contributed by atoms with Gasteiger partial charge in [0.15, 0.2) is 5.43 Å². The van der Waals surface area contributed by atoms with Crippen LogP contribution >= 0.6 is 0 Å². The Labute approximate surface area is 146 Å². The molecule has 0 spiro atoms. The molecule has 3 rings (SSSR count). The topological polar surface area (TPSA) is 43.4 Å². The van der Waals surface area contributed by atoms with E-state index in [2.05, 4.69) is 6.58 Å². The van der Waals surface area contributed by atoms with Crippen LogP contribution in [0.3, 0.4) is 0 Å². The Morgan fingerprint density at radius 3 is 2.56 bits per heavy atom. The van der Waals surface area contributed by atoms with Crippen LogP contribution in [0.5, 0.6) is 0 Å². The second-order valence-electron chi connectivity index (χ2n) is 5.98. The van der Waals surface area contributed by atoms with Gasteiger partial charge in [-0.05, 0) is 22.8 Å². The highest BCUT2D eigenvalue weighted by Gasteiger charge is 2.20. The van der Waals surface area contributed by atoms with E-state index in [-0.39, 0.29) is 23.9 Å². The van der Waals surface area contributed by atoms with Crippen LogP contribution < -0.4 is 5.43 Å². The van der Waals surface area contributed by atoms with Crippen molar-refractivity contribution in [3.63, 3.8) is 0 Å². The molecule has 0 heterocycles. The lowest BCUT2D eigenvalue weighted by Gasteiger charge is -2.14. The minimum atomic E-state index is -0.348. The molecule has 0 aliphatic carbocycles. The summed E-state index contributed by atoms with van der Waals surface area (Å²) in [5.74, 6) is -0.617. The zero-order chi connectivity index (χ0) is 17.8. The first-order valence-corrected chi connectivity index (χ1v) is 8.39. The maximum atomic E-state index is 12.8. The number of carbonyl (C=O) groups excluding carboxylic acids is 1.